The smallest absolute Gasteiger partial charge is 0.231 e. The van der Waals surface area contributed by atoms with E-state index in [2.05, 4.69) is 29.6 Å². The summed E-state index contributed by atoms with van der Waals surface area (Å²) >= 11 is 0. The zero-order valence-electron chi connectivity index (χ0n) is 16.9. The van der Waals surface area contributed by atoms with E-state index in [1.165, 1.54) is 5.56 Å². The van der Waals surface area contributed by atoms with Gasteiger partial charge in [0.25, 0.3) is 0 Å². The van der Waals surface area contributed by atoms with Gasteiger partial charge < -0.3 is 24.3 Å². The third-order valence-corrected chi connectivity index (χ3v) is 5.46. The molecule has 1 fully saturated rings. The van der Waals surface area contributed by atoms with Crippen molar-refractivity contribution in [3.8, 4) is 17.2 Å². The van der Waals surface area contributed by atoms with Crippen LogP contribution in [0.5, 0.6) is 17.2 Å². The van der Waals surface area contributed by atoms with Gasteiger partial charge in [-0.3, -0.25) is 4.79 Å². The first-order valence-corrected chi connectivity index (χ1v) is 10.1. The van der Waals surface area contributed by atoms with Crippen LogP contribution in [-0.4, -0.2) is 32.0 Å². The molecule has 2 aliphatic rings. The molecule has 2 aromatic carbocycles. The van der Waals surface area contributed by atoms with E-state index in [4.69, 9.17) is 18.9 Å². The summed E-state index contributed by atoms with van der Waals surface area (Å²) in [7, 11) is 1.62. The Balaban J connectivity index is 1.53. The molecule has 2 aromatic rings. The van der Waals surface area contributed by atoms with Gasteiger partial charge in [0, 0.05) is 13.0 Å². The third-order valence-electron chi connectivity index (χ3n) is 5.46. The molecule has 1 N–H and O–H groups in total. The summed E-state index contributed by atoms with van der Waals surface area (Å²) in [5.74, 6) is 1.93. The van der Waals surface area contributed by atoms with Crippen molar-refractivity contribution in [1.29, 1.82) is 0 Å². The van der Waals surface area contributed by atoms with E-state index in [9.17, 15) is 4.79 Å². The lowest BCUT2D eigenvalue weighted by molar-refractivity contribution is -0.122. The fraction of sp³-hybridized carbons (Fsp3) is 0.435. The molecule has 29 heavy (non-hydrogen) atoms. The van der Waals surface area contributed by atoms with Crippen molar-refractivity contribution in [2.45, 2.75) is 50.9 Å². The molecule has 3 atom stereocenters. The number of amides is 1. The van der Waals surface area contributed by atoms with Gasteiger partial charge in [-0.25, -0.2) is 0 Å². The molecule has 0 aromatic heterocycles. The Hall–Kier alpha value is -2.73. The normalized spacial score (nSPS) is 22.9. The predicted octanol–water partition coefficient (Wildman–Crippen LogP) is 3.78. The third kappa shape index (κ3) is 4.65. The standard InChI is InChI=1S/C23H27NO5/c1-15(25)24-18-12-19(9-8-16-6-4-3-5-7-16)29-20(13-18)17-10-21(26-2)23-22(11-17)27-14-28-23/h3-7,10-11,18-20H,8-9,12-14H2,1-2H3,(H,24,25)/t18-,19+,20+/m1/s1. The first kappa shape index (κ1) is 19.6. The van der Waals surface area contributed by atoms with E-state index in [-0.39, 0.29) is 30.9 Å². The number of methoxy groups -OCH3 is 1. The molecule has 2 aliphatic heterocycles. The lowest BCUT2D eigenvalue weighted by Crippen LogP contribution is -2.42. The topological polar surface area (TPSA) is 66.0 Å². The van der Waals surface area contributed by atoms with Crippen LogP contribution in [0.1, 0.15) is 43.4 Å². The highest BCUT2D eigenvalue weighted by atomic mass is 16.7. The second-order valence-electron chi connectivity index (χ2n) is 7.60. The second kappa shape index (κ2) is 8.74. The molecule has 0 spiro atoms. The fourth-order valence-electron chi connectivity index (χ4n) is 4.13. The number of carbonyl (C=O) groups excluding carboxylic acids is 1. The van der Waals surface area contributed by atoms with Gasteiger partial charge in [0.2, 0.25) is 18.4 Å². The summed E-state index contributed by atoms with van der Waals surface area (Å²) < 4.78 is 23.0. The number of ether oxygens (including phenoxy) is 4. The molecule has 1 saturated heterocycles. The van der Waals surface area contributed by atoms with Crippen molar-refractivity contribution in [3.05, 3.63) is 53.6 Å². The molecule has 154 valence electrons. The van der Waals surface area contributed by atoms with Crippen molar-refractivity contribution in [2.75, 3.05) is 13.9 Å². The average molecular weight is 397 g/mol. The summed E-state index contributed by atoms with van der Waals surface area (Å²) in [6.45, 7) is 1.75. The average Bonchev–Trinajstić information content (AvgIpc) is 3.20. The van der Waals surface area contributed by atoms with E-state index in [1.54, 1.807) is 14.0 Å². The van der Waals surface area contributed by atoms with Crippen LogP contribution in [0.2, 0.25) is 0 Å². The maximum Gasteiger partial charge on any atom is 0.231 e. The number of rotatable bonds is 6. The van der Waals surface area contributed by atoms with Crippen molar-refractivity contribution < 1.29 is 23.7 Å². The number of fused-ring (bicyclic) bond motifs is 1. The van der Waals surface area contributed by atoms with Gasteiger partial charge in [0.15, 0.2) is 11.5 Å². The van der Waals surface area contributed by atoms with Gasteiger partial charge in [0.05, 0.1) is 19.3 Å². The second-order valence-corrected chi connectivity index (χ2v) is 7.60. The molecule has 0 aliphatic carbocycles. The number of hydrogen-bond donors (Lipinski definition) is 1. The van der Waals surface area contributed by atoms with E-state index in [0.29, 0.717) is 23.7 Å². The van der Waals surface area contributed by atoms with Crippen LogP contribution < -0.4 is 19.5 Å². The molecule has 4 rings (SSSR count). The number of carbonyl (C=O) groups is 1. The summed E-state index contributed by atoms with van der Waals surface area (Å²) in [6.07, 6.45) is 3.27. The molecule has 0 radical (unpaired) electrons. The largest absolute Gasteiger partial charge is 0.493 e. The summed E-state index contributed by atoms with van der Waals surface area (Å²) in [6, 6.07) is 14.4. The zero-order chi connectivity index (χ0) is 20.2. The van der Waals surface area contributed by atoms with E-state index in [1.807, 2.05) is 18.2 Å². The van der Waals surface area contributed by atoms with Crippen molar-refractivity contribution >= 4 is 5.91 Å². The Morgan fingerprint density at radius 1 is 1.17 bits per heavy atom. The van der Waals surface area contributed by atoms with Crippen LogP contribution in [0.4, 0.5) is 0 Å². The first-order chi connectivity index (χ1) is 14.1. The highest BCUT2D eigenvalue weighted by molar-refractivity contribution is 5.73. The quantitative estimate of drug-likeness (QED) is 0.804. The van der Waals surface area contributed by atoms with Gasteiger partial charge >= 0.3 is 0 Å². The van der Waals surface area contributed by atoms with Crippen LogP contribution in [0.25, 0.3) is 0 Å². The van der Waals surface area contributed by atoms with Gasteiger partial charge in [-0.2, -0.15) is 0 Å². The number of nitrogens with one attached hydrogen (secondary N) is 1. The van der Waals surface area contributed by atoms with Crippen molar-refractivity contribution in [3.63, 3.8) is 0 Å². The minimum atomic E-state index is -0.148. The highest BCUT2D eigenvalue weighted by Gasteiger charge is 2.32. The maximum atomic E-state index is 11.7. The predicted molar refractivity (Wildman–Crippen MR) is 108 cm³/mol. The number of benzene rings is 2. The summed E-state index contributed by atoms with van der Waals surface area (Å²) in [5, 5.41) is 3.08. The summed E-state index contributed by atoms with van der Waals surface area (Å²) in [5.41, 5.74) is 2.27. The Morgan fingerprint density at radius 3 is 2.76 bits per heavy atom. The lowest BCUT2D eigenvalue weighted by Gasteiger charge is -2.36. The molecular weight excluding hydrogens is 370 g/mol. The van der Waals surface area contributed by atoms with Gasteiger partial charge in [-0.15, -0.1) is 0 Å². The van der Waals surface area contributed by atoms with E-state index < -0.39 is 0 Å². The molecule has 2 heterocycles. The molecule has 6 nitrogen and oxygen atoms in total. The molecule has 0 bridgehead atoms. The SMILES string of the molecule is COc1cc([C@@H]2C[C@H](NC(C)=O)C[C@H](CCc3ccccc3)O2)cc2c1OCO2. The van der Waals surface area contributed by atoms with Crippen molar-refractivity contribution in [1.82, 2.24) is 5.32 Å². The maximum absolute atomic E-state index is 11.7. The zero-order valence-corrected chi connectivity index (χ0v) is 16.9. The van der Waals surface area contributed by atoms with Gasteiger partial charge in [-0.05, 0) is 48.9 Å². The highest BCUT2D eigenvalue weighted by Crippen LogP contribution is 2.45. The first-order valence-electron chi connectivity index (χ1n) is 10.1. The van der Waals surface area contributed by atoms with Crippen molar-refractivity contribution in [2.24, 2.45) is 0 Å². The van der Waals surface area contributed by atoms with E-state index >= 15 is 0 Å². The minimum Gasteiger partial charge on any atom is -0.493 e. The molecule has 0 saturated carbocycles. The number of hydrogen-bond acceptors (Lipinski definition) is 5. The fourth-order valence-corrected chi connectivity index (χ4v) is 4.13. The lowest BCUT2D eigenvalue weighted by atomic mass is 9.91. The van der Waals surface area contributed by atoms with Crippen LogP contribution in [0, 0.1) is 0 Å². The Labute approximate surface area is 171 Å². The molecule has 1 amide bonds. The molecule has 0 unspecified atom stereocenters. The van der Waals surface area contributed by atoms with Gasteiger partial charge in [0.1, 0.15) is 0 Å². The van der Waals surface area contributed by atoms with E-state index in [0.717, 1.165) is 24.8 Å². The minimum absolute atomic E-state index is 0.0132. The number of aryl methyl sites for hydroxylation is 1. The Kier molecular flexibility index (Phi) is 5.90. The Morgan fingerprint density at radius 2 is 2.00 bits per heavy atom. The van der Waals surface area contributed by atoms with Crippen LogP contribution >= 0.6 is 0 Å². The van der Waals surface area contributed by atoms with Crippen LogP contribution in [0.3, 0.4) is 0 Å². The van der Waals surface area contributed by atoms with Crippen LogP contribution in [-0.2, 0) is 16.0 Å². The Bertz CT molecular complexity index is 854. The summed E-state index contributed by atoms with van der Waals surface area (Å²) in [4.78, 5) is 11.7. The monoisotopic (exact) mass is 397 g/mol. The molecular formula is C23H27NO5. The van der Waals surface area contributed by atoms with Gasteiger partial charge in [-0.1, -0.05) is 30.3 Å². The van der Waals surface area contributed by atoms with Crippen LogP contribution in [0.15, 0.2) is 42.5 Å². The molecule has 6 heteroatoms.